The Hall–Kier alpha value is 0.0869. The second-order valence-corrected chi connectivity index (χ2v) is 23.7. The fourth-order valence-corrected chi connectivity index (χ4v) is 13.9. The quantitative estimate of drug-likeness (QED) is 0.197. The van der Waals surface area contributed by atoms with Gasteiger partial charge in [-0.3, -0.25) is 4.18 Å². The van der Waals surface area contributed by atoms with Gasteiger partial charge in [0.25, 0.3) is 10.1 Å². The average Bonchev–Trinajstić information content (AvgIpc) is 3.12. The zero-order valence-corrected chi connectivity index (χ0v) is 30.0. The summed E-state index contributed by atoms with van der Waals surface area (Å²) in [5.74, 6) is 4.71. The Kier molecular flexibility index (Phi) is 9.00. The third-order valence-electron chi connectivity index (χ3n) is 12.9. The molecule has 0 aromatic heterocycles. The van der Waals surface area contributed by atoms with Crippen molar-refractivity contribution in [2.24, 2.45) is 57.7 Å². The second kappa shape index (κ2) is 10.9. The lowest BCUT2D eigenvalue weighted by Gasteiger charge is -2.69. The molecule has 0 saturated heterocycles. The fraction of sp³-hybridized carbons (Fsp3) is 1.00. The van der Waals surface area contributed by atoms with E-state index >= 15 is 0 Å². The summed E-state index contributed by atoms with van der Waals surface area (Å²) in [6.45, 7) is 26.7. The molecule has 10 atom stereocenters. The molecule has 0 amide bonds. The smallest absolute Gasteiger partial charge is 0.264 e. The molecule has 4 aliphatic rings. The van der Waals surface area contributed by atoms with Crippen molar-refractivity contribution < 1.29 is 17.0 Å². The third-order valence-corrected chi connectivity index (χ3v) is 14.6. The highest BCUT2D eigenvalue weighted by molar-refractivity contribution is 7.86. The van der Waals surface area contributed by atoms with Crippen molar-refractivity contribution in [3.05, 3.63) is 0 Å². The van der Waals surface area contributed by atoms with Crippen LogP contribution in [0.15, 0.2) is 0 Å². The standard InChI is InChI=1S/C34H64O4SSi/c1-23(2)14-13-15-24(3)25-16-17-26-30-27(18-20-32(25,26)6)33(7)21-19-29(37-39(9,35)36)31(4,5)28(33)22-34(30,8)38-40(10,11)12/h23-30H,13-22H2,1-12H3/t24-,25-,26+,27+,28+,29-,30+,32-,33-,34-/m1/s1. The predicted molar refractivity (Wildman–Crippen MR) is 170 cm³/mol. The molecule has 4 aliphatic carbocycles. The van der Waals surface area contributed by atoms with Gasteiger partial charge in [-0.25, -0.2) is 0 Å². The molecule has 0 bridgehead atoms. The highest BCUT2D eigenvalue weighted by atomic mass is 32.2. The van der Waals surface area contributed by atoms with Gasteiger partial charge in [0.15, 0.2) is 8.32 Å². The van der Waals surface area contributed by atoms with Crippen LogP contribution in [0, 0.1) is 57.7 Å². The first kappa shape index (κ1) is 33.0. The molecule has 4 fully saturated rings. The van der Waals surface area contributed by atoms with E-state index in [-0.39, 0.29) is 22.5 Å². The third kappa shape index (κ3) is 6.05. The zero-order valence-electron chi connectivity index (χ0n) is 28.2. The van der Waals surface area contributed by atoms with E-state index in [0.717, 1.165) is 42.9 Å². The summed E-state index contributed by atoms with van der Waals surface area (Å²) >= 11 is 0. The van der Waals surface area contributed by atoms with E-state index < -0.39 is 18.4 Å². The van der Waals surface area contributed by atoms with E-state index in [4.69, 9.17) is 8.61 Å². The Balaban J connectivity index is 1.70. The van der Waals surface area contributed by atoms with E-state index in [1.807, 2.05) is 0 Å². The van der Waals surface area contributed by atoms with Crippen molar-refractivity contribution in [1.82, 2.24) is 0 Å². The van der Waals surface area contributed by atoms with Crippen molar-refractivity contribution in [3.8, 4) is 0 Å². The molecule has 0 aromatic rings. The summed E-state index contributed by atoms with van der Waals surface area (Å²) in [4.78, 5) is 0. The lowest BCUT2D eigenvalue weighted by molar-refractivity contribution is -0.234. The molecule has 0 N–H and O–H groups in total. The van der Waals surface area contributed by atoms with Crippen LogP contribution in [0.3, 0.4) is 0 Å². The van der Waals surface area contributed by atoms with Gasteiger partial charge in [0.1, 0.15) is 0 Å². The molecular weight excluding hydrogens is 533 g/mol. The topological polar surface area (TPSA) is 52.6 Å². The first-order valence-electron chi connectivity index (χ1n) is 16.7. The lowest BCUT2D eigenvalue weighted by atomic mass is 9.38. The van der Waals surface area contributed by atoms with Gasteiger partial charge in [-0.15, -0.1) is 0 Å². The summed E-state index contributed by atoms with van der Waals surface area (Å²) in [6, 6.07) is 0. The van der Waals surface area contributed by atoms with Gasteiger partial charge in [-0.1, -0.05) is 67.7 Å². The van der Waals surface area contributed by atoms with Gasteiger partial charge >= 0.3 is 0 Å². The summed E-state index contributed by atoms with van der Waals surface area (Å²) in [5, 5.41) is 0. The van der Waals surface area contributed by atoms with E-state index in [0.29, 0.717) is 23.2 Å². The van der Waals surface area contributed by atoms with Crippen LogP contribution in [0.2, 0.25) is 19.6 Å². The first-order chi connectivity index (χ1) is 18.1. The van der Waals surface area contributed by atoms with Crippen molar-refractivity contribution >= 4 is 18.4 Å². The van der Waals surface area contributed by atoms with E-state index in [2.05, 4.69) is 75.0 Å². The van der Waals surface area contributed by atoms with Crippen LogP contribution < -0.4 is 0 Å². The SMILES string of the molecule is CC(C)CCC[C@@H](C)[C@H]1CC[C@H]2[C@H]3[C@H](CC[C@]12C)[C@@]1(C)CC[C@@H](OS(C)(=O)=O)C(C)(C)[C@@H]1C[C@@]3(C)O[Si](C)(C)C. The van der Waals surface area contributed by atoms with Crippen molar-refractivity contribution in [2.45, 2.75) is 151 Å². The van der Waals surface area contributed by atoms with Crippen LogP contribution in [-0.4, -0.2) is 34.7 Å². The maximum atomic E-state index is 12.3. The highest BCUT2D eigenvalue weighted by Crippen LogP contribution is 2.73. The molecule has 0 unspecified atom stereocenters. The maximum Gasteiger partial charge on any atom is 0.264 e. The predicted octanol–water partition coefficient (Wildman–Crippen LogP) is 9.31. The Bertz CT molecular complexity index is 1020. The molecule has 6 heteroatoms. The molecule has 4 saturated carbocycles. The second-order valence-electron chi connectivity index (χ2n) is 17.7. The fourth-order valence-electron chi connectivity index (χ4n) is 11.5. The van der Waals surface area contributed by atoms with Crippen LogP contribution in [0.1, 0.15) is 120 Å². The van der Waals surface area contributed by atoms with Crippen LogP contribution in [0.25, 0.3) is 0 Å². The summed E-state index contributed by atoms with van der Waals surface area (Å²) in [5.41, 5.74) is 0.189. The monoisotopic (exact) mass is 596 g/mol. The maximum absolute atomic E-state index is 12.3. The van der Waals surface area contributed by atoms with Crippen molar-refractivity contribution in [1.29, 1.82) is 0 Å². The van der Waals surface area contributed by atoms with Crippen molar-refractivity contribution in [3.63, 3.8) is 0 Å². The molecule has 0 radical (unpaired) electrons. The largest absolute Gasteiger partial charge is 0.412 e. The van der Waals surface area contributed by atoms with Crippen LogP contribution >= 0.6 is 0 Å². The molecule has 40 heavy (non-hydrogen) atoms. The van der Waals surface area contributed by atoms with E-state index in [9.17, 15) is 8.42 Å². The lowest BCUT2D eigenvalue weighted by Crippen LogP contribution is -2.68. The minimum Gasteiger partial charge on any atom is -0.412 e. The summed E-state index contributed by atoms with van der Waals surface area (Å²) < 4.78 is 37.7. The molecule has 4 nitrogen and oxygen atoms in total. The van der Waals surface area contributed by atoms with Crippen LogP contribution in [-0.2, 0) is 18.7 Å². The number of rotatable bonds is 9. The Labute approximate surface area is 249 Å². The van der Waals surface area contributed by atoms with Gasteiger partial charge in [0.2, 0.25) is 0 Å². The van der Waals surface area contributed by atoms with Gasteiger partial charge in [-0.2, -0.15) is 8.42 Å². The molecule has 0 aliphatic heterocycles. The zero-order chi connectivity index (χ0) is 30.1. The molecule has 0 spiro atoms. The summed E-state index contributed by atoms with van der Waals surface area (Å²) in [7, 11) is -5.34. The van der Waals surface area contributed by atoms with Gasteiger partial charge < -0.3 is 4.43 Å². The number of fused-ring (bicyclic) bond motifs is 5. The average molecular weight is 597 g/mol. The Morgan fingerprint density at radius 1 is 0.850 bits per heavy atom. The molecule has 0 aromatic carbocycles. The number of hydrogen-bond donors (Lipinski definition) is 0. The Morgan fingerprint density at radius 3 is 2.02 bits per heavy atom. The number of hydrogen-bond acceptors (Lipinski definition) is 4. The molecule has 4 rings (SSSR count). The first-order valence-corrected chi connectivity index (χ1v) is 21.9. The highest BCUT2D eigenvalue weighted by Gasteiger charge is 2.69. The minimum atomic E-state index is -3.50. The van der Waals surface area contributed by atoms with E-state index in [1.165, 1.54) is 51.2 Å². The van der Waals surface area contributed by atoms with Crippen molar-refractivity contribution in [2.75, 3.05) is 6.26 Å². The van der Waals surface area contributed by atoms with Crippen LogP contribution in [0.4, 0.5) is 0 Å². The normalized spacial score (nSPS) is 44.1. The van der Waals surface area contributed by atoms with Gasteiger partial charge in [0, 0.05) is 0 Å². The molecule has 234 valence electrons. The van der Waals surface area contributed by atoms with Gasteiger partial charge in [0.05, 0.1) is 18.0 Å². The van der Waals surface area contributed by atoms with Crippen LogP contribution in [0.5, 0.6) is 0 Å². The molecular formula is C34H64O4SSi. The van der Waals surface area contributed by atoms with Gasteiger partial charge in [-0.05, 0) is 129 Å². The molecule has 0 heterocycles. The van der Waals surface area contributed by atoms with E-state index in [1.54, 1.807) is 0 Å². The Morgan fingerprint density at radius 2 is 1.45 bits per heavy atom. The summed E-state index contributed by atoms with van der Waals surface area (Å²) in [6.07, 6.45) is 13.3. The minimum absolute atomic E-state index is 0.175.